The summed E-state index contributed by atoms with van der Waals surface area (Å²) >= 11 is 0. The highest BCUT2D eigenvalue weighted by Gasteiger charge is 2.26. The van der Waals surface area contributed by atoms with Gasteiger partial charge in [-0.25, -0.2) is 4.39 Å². The molecule has 2 aromatic carbocycles. The van der Waals surface area contributed by atoms with Crippen LogP contribution in [-0.4, -0.2) is 36.4 Å². The van der Waals surface area contributed by atoms with Gasteiger partial charge >= 0.3 is 0 Å². The molecule has 6 heteroatoms. The minimum absolute atomic E-state index is 0.0181. The molecular weight excluding hydrogens is 359 g/mol. The SMILES string of the molecule is CNC(=O)[C@@H](C)N(Cc1ccccc1F)C(=O)COc1ccc(C(C)C)cc1. The molecule has 0 aliphatic heterocycles. The van der Waals surface area contributed by atoms with Crippen molar-refractivity contribution in [1.29, 1.82) is 0 Å². The number of amides is 2. The lowest BCUT2D eigenvalue weighted by Crippen LogP contribution is -2.48. The summed E-state index contributed by atoms with van der Waals surface area (Å²) < 4.78 is 19.6. The molecule has 0 heterocycles. The molecule has 0 aliphatic rings. The standard InChI is InChI=1S/C22H27FN2O3/c1-15(2)17-9-11-19(12-10-17)28-14-21(26)25(16(3)22(27)24-4)13-18-7-5-6-8-20(18)23/h5-12,15-16H,13-14H2,1-4H3,(H,24,27)/t16-/m1/s1. The van der Waals surface area contributed by atoms with Crippen LogP contribution >= 0.6 is 0 Å². The van der Waals surface area contributed by atoms with E-state index < -0.39 is 17.8 Å². The van der Waals surface area contributed by atoms with Gasteiger partial charge in [0.1, 0.15) is 17.6 Å². The van der Waals surface area contributed by atoms with Crippen molar-refractivity contribution in [1.82, 2.24) is 10.2 Å². The minimum Gasteiger partial charge on any atom is -0.484 e. The summed E-state index contributed by atoms with van der Waals surface area (Å²) in [4.78, 5) is 26.2. The molecule has 0 radical (unpaired) electrons. The largest absolute Gasteiger partial charge is 0.484 e. The van der Waals surface area contributed by atoms with Gasteiger partial charge in [0.25, 0.3) is 5.91 Å². The van der Waals surface area contributed by atoms with Gasteiger partial charge in [0.2, 0.25) is 5.91 Å². The predicted octanol–water partition coefficient (Wildman–Crippen LogP) is 3.49. The van der Waals surface area contributed by atoms with E-state index in [1.165, 1.54) is 23.6 Å². The maximum Gasteiger partial charge on any atom is 0.261 e. The Morgan fingerprint density at radius 2 is 1.71 bits per heavy atom. The fraction of sp³-hybridized carbons (Fsp3) is 0.364. The summed E-state index contributed by atoms with van der Waals surface area (Å²) in [6.07, 6.45) is 0. The van der Waals surface area contributed by atoms with E-state index in [1.807, 2.05) is 24.3 Å². The number of likely N-dealkylation sites (N-methyl/N-ethyl adjacent to an activating group) is 1. The average Bonchev–Trinajstić information content (AvgIpc) is 2.70. The highest BCUT2D eigenvalue weighted by Crippen LogP contribution is 2.19. The van der Waals surface area contributed by atoms with Gasteiger partial charge in [-0.1, -0.05) is 44.2 Å². The lowest BCUT2D eigenvalue weighted by atomic mass is 10.0. The van der Waals surface area contributed by atoms with Crippen molar-refractivity contribution in [3.05, 3.63) is 65.5 Å². The Labute approximate surface area is 165 Å². The van der Waals surface area contributed by atoms with Crippen LogP contribution in [0.4, 0.5) is 4.39 Å². The third-order valence-electron chi connectivity index (χ3n) is 4.62. The van der Waals surface area contributed by atoms with Gasteiger partial charge in [-0.3, -0.25) is 9.59 Å². The van der Waals surface area contributed by atoms with Crippen LogP contribution < -0.4 is 10.1 Å². The summed E-state index contributed by atoms with van der Waals surface area (Å²) in [5.41, 5.74) is 1.51. The van der Waals surface area contributed by atoms with Gasteiger partial charge in [0.15, 0.2) is 6.61 Å². The minimum atomic E-state index is -0.760. The van der Waals surface area contributed by atoms with Gasteiger partial charge in [0.05, 0.1) is 0 Å². The molecule has 0 bridgehead atoms. The van der Waals surface area contributed by atoms with E-state index in [9.17, 15) is 14.0 Å². The topological polar surface area (TPSA) is 58.6 Å². The van der Waals surface area contributed by atoms with Crippen LogP contribution in [-0.2, 0) is 16.1 Å². The Morgan fingerprint density at radius 3 is 2.29 bits per heavy atom. The first-order valence-corrected chi connectivity index (χ1v) is 9.30. The van der Waals surface area contributed by atoms with E-state index in [2.05, 4.69) is 19.2 Å². The molecule has 1 atom stereocenters. The van der Waals surface area contributed by atoms with Crippen molar-refractivity contribution in [2.75, 3.05) is 13.7 Å². The van der Waals surface area contributed by atoms with Crippen LogP contribution in [0.5, 0.6) is 5.75 Å². The van der Waals surface area contributed by atoms with E-state index in [1.54, 1.807) is 25.1 Å². The number of carbonyl (C=O) groups excluding carboxylic acids is 2. The van der Waals surface area contributed by atoms with E-state index in [-0.39, 0.29) is 19.1 Å². The zero-order chi connectivity index (χ0) is 20.7. The number of carbonyl (C=O) groups is 2. The molecule has 0 aliphatic carbocycles. The maximum absolute atomic E-state index is 14.0. The summed E-state index contributed by atoms with van der Waals surface area (Å²) in [7, 11) is 1.50. The number of ether oxygens (including phenoxy) is 1. The molecule has 150 valence electrons. The van der Waals surface area contributed by atoms with Crippen molar-refractivity contribution in [2.24, 2.45) is 0 Å². The Hall–Kier alpha value is -2.89. The Bertz CT molecular complexity index is 806. The first-order valence-electron chi connectivity index (χ1n) is 9.30. The molecule has 0 saturated carbocycles. The maximum atomic E-state index is 14.0. The normalized spacial score (nSPS) is 11.8. The number of hydrogen-bond acceptors (Lipinski definition) is 3. The van der Waals surface area contributed by atoms with Crippen LogP contribution in [0.15, 0.2) is 48.5 Å². The van der Waals surface area contributed by atoms with Crippen LogP contribution in [0.25, 0.3) is 0 Å². The second-order valence-corrected chi connectivity index (χ2v) is 6.92. The molecule has 0 unspecified atom stereocenters. The molecule has 0 saturated heterocycles. The van der Waals surface area contributed by atoms with E-state index in [4.69, 9.17) is 4.74 Å². The highest BCUT2D eigenvalue weighted by atomic mass is 19.1. The lowest BCUT2D eigenvalue weighted by molar-refractivity contribution is -0.142. The van der Waals surface area contributed by atoms with Crippen LogP contribution in [0, 0.1) is 5.82 Å². The van der Waals surface area contributed by atoms with Crippen molar-refractivity contribution in [3.8, 4) is 5.75 Å². The molecule has 0 aromatic heterocycles. The number of nitrogens with zero attached hydrogens (tertiary/aromatic N) is 1. The van der Waals surface area contributed by atoms with Crippen molar-refractivity contribution >= 4 is 11.8 Å². The number of rotatable bonds is 8. The quantitative estimate of drug-likeness (QED) is 0.756. The Morgan fingerprint density at radius 1 is 1.07 bits per heavy atom. The second-order valence-electron chi connectivity index (χ2n) is 6.92. The van der Waals surface area contributed by atoms with Gasteiger partial charge in [0, 0.05) is 19.2 Å². The Kier molecular flexibility index (Phi) is 7.55. The first-order chi connectivity index (χ1) is 13.3. The number of hydrogen-bond donors (Lipinski definition) is 1. The van der Waals surface area contributed by atoms with E-state index in [0.29, 0.717) is 17.2 Å². The summed E-state index contributed by atoms with van der Waals surface area (Å²) in [5, 5.41) is 2.52. The van der Waals surface area contributed by atoms with Crippen molar-refractivity contribution in [3.63, 3.8) is 0 Å². The van der Waals surface area contributed by atoms with Crippen LogP contribution in [0.2, 0.25) is 0 Å². The molecule has 0 fully saturated rings. The molecule has 2 amide bonds. The molecule has 28 heavy (non-hydrogen) atoms. The second kappa shape index (κ2) is 9.88. The molecule has 1 N–H and O–H groups in total. The van der Waals surface area contributed by atoms with Crippen molar-refractivity contribution < 1.29 is 18.7 Å². The smallest absolute Gasteiger partial charge is 0.261 e. The molecule has 5 nitrogen and oxygen atoms in total. The van der Waals surface area contributed by atoms with Gasteiger partial charge in [-0.05, 0) is 36.6 Å². The summed E-state index contributed by atoms with van der Waals surface area (Å²) in [5.74, 6) is -0.176. The van der Waals surface area contributed by atoms with Gasteiger partial charge < -0.3 is 15.0 Å². The Balaban J connectivity index is 2.11. The molecule has 2 aromatic rings. The molecule has 2 rings (SSSR count). The zero-order valence-electron chi connectivity index (χ0n) is 16.7. The third-order valence-corrected chi connectivity index (χ3v) is 4.62. The van der Waals surface area contributed by atoms with E-state index >= 15 is 0 Å². The van der Waals surface area contributed by atoms with Crippen LogP contribution in [0.1, 0.15) is 37.8 Å². The van der Waals surface area contributed by atoms with Gasteiger partial charge in [-0.2, -0.15) is 0 Å². The highest BCUT2D eigenvalue weighted by molar-refractivity contribution is 5.87. The number of halogens is 1. The fourth-order valence-electron chi connectivity index (χ4n) is 2.78. The zero-order valence-corrected chi connectivity index (χ0v) is 16.7. The predicted molar refractivity (Wildman–Crippen MR) is 107 cm³/mol. The third kappa shape index (κ3) is 5.55. The number of benzene rings is 2. The molecule has 0 spiro atoms. The van der Waals surface area contributed by atoms with Crippen LogP contribution in [0.3, 0.4) is 0 Å². The fourth-order valence-corrected chi connectivity index (χ4v) is 2.78. The van der Waals surface area contributed by atoms with Gasteiger partial charge in [-0.15, -0.1) is 0 Å². The van der Waals surface area contributed by atoms with E-state index in [0.717, 1.165) is 0 Å². The van der Waals surface area contributed by atoms with Crippen molar-refractivity contribution in [2.45, 2.75) is 39.3 Å². The first kappa shape index (κ1) is 21.4. The summed E-state index contributed by atoms with van der Waals surface area (Å²) in [6, 6.07) is 13.0. The number of nitrogens with one attached hydrogen (secondary N) is 1. The summed E-state index contributed by atoms with van der Waals surface area (Å²) in [6.45, 7) is 5.54. The monoisotopic (exact) mass is 386 g/mol. The lowest BCUT2D eigenvalue weighted by Gasteiger charge is -2.28. The average molecular weight is 386 g/mol. The molecular formula is C22H27FN2O3.